The second kappa shape index (κ2) is 13.3. The maximum absolute atomic E-state index is 13.8. The third-order valence-corrected chi connectivity index (χ3v) is 8.29. The van der Waals surface area contributed by atoms with Crippen molar-refractivity contribution in [1.82, 2.24) is 0 Å². The molecule has 43 heavy (non-hydrogen) atoms. The van der Waals surface area contributed by atoms with Crippen molar-refractivity contribution < 1.29 is 31.5 Å². The van der Waals surface area contributed by atoms with E-state index in [-0.39, 0.29) is 59.2 Å². The largest absolute Gasteiger partial charge is 0.504 e. The fourth-order valence-corrected chi connectivity index (χ4v) is 6.17. The number of aryl methyl sites for hydroxylation is 1. The Morgan fingerprint density at radius 2 is 1.67 bits per heavy atom. The molecule has 216 valence electrons. The Labute approximate surface area is 261 Å². The number of primary amides is 1. The number of rotatable bonds is 9. The van der Waals surface area contributed by atoms with E-state index in [1.807, 2.05) is 0 Å². The van der Waals surface area contributed by atoms with E-state index in [4.69, 9.17) is 12.6 Å². The Morgan fingerprint density at radius 1 is 0.930 bits per heavy atom. The van der Waals surface area contributed by atoms with Crippen LogP contribution in [0.3, 0.4) is 0 Å². The van der Waals surface area contributed by atoms with Crippen LogP contribution in [0.4, 0.5) is 5.69 Å². The summed E-state index contributed by atoms with van der Waals surface area (Å²) < 4.78 is 39.6. The summed E-state index contributed by atoms with van der Waals surface area (Å²) in [6, 6.07) is 15.6. The molecule has 7 nitrogen and oxygen atoms in total. The molecule has 1 aliphatic rings. The summed E-state index contributed by atoms with van der Waals surface area (Å²) in [5.41, 5.74) is 8.05. The van der Waals surface area contributed by atoms with Gasteiger partial charge in [-0.25, -0.2) is 0 Å². The monoisotopic (exact) mass is 595 g/mol. The number of benzene rings is 4. The normalized spacial score (nSPS) is 17.6. The van der Waals surface area contributed by atoms with Gasteiger partial charge in [-0.3, -0.25) is 19.3 Å². The van der Waals surface area contributed by atoms with Crippen LogP contribution in [0.1, 0.15) is 64.1 Å². The van der Waals surface area contributed by atoms with Gasteiger partial charge in [0.2, 0.25) is 11.8 Å². The quantitative estimate of drug-likeness (QED) is 0.168. The molecule has 1 heterocycles. The van der Waals surface area contributed by atoms with Crippen LogP contribution in [-0.2, 0) is 16.0 Å². The van der Waals surface area contributed by atoms with Crippen LogP contribution in [0.2, 0.25) is 0 Å². The Bertz CT molecular complexity index is 1970. The lowest BCUT2D eigenvalue weighted by atomic mass is 10.0. The lowest BCUT2D eigenvalue weighted by Crippen LogP contribution is -2.32. The molecule has 4 N–H and O–H groups in total. The lowest BCUT2D eigenvalue weighted by Gasteiger charge is -2.24. The second-order valence-corrected chi connectivity index (χ2v) is 11.2. The number of thioether (sulfide) groups is 1. The van der Waals surface area contributed by atoms with E-state index < -0.39 is 34.7 Å². The molecule has 2 amide bonds. The van der Waals surface area contributed by atoms with E-state index in [2.05, 4.69) is 11.8 Å². The highest BCUT2D eigenvalue weighted by atomic mass is 32.2. The fourth-order valence-electron chi connectivity index (χ4n) is 4.68. The summed E-state index contributed by atoms with van der Waals surface area (Å²) in [7, 11) is 0. The van der Waals surface area contributed by atoms with Crippen LogP contribution in [0, 0.1) is 11.8 Å². The standard InChI is InChI=1S/C35H30N2O5S/c36-33(41)27-9-5-10-28(21-27)37-34(42)32(22-29(38)11-4-8-25-16-19-30(39)31(40)20-25)43-35(37)26-17-14-24(15-18-26)13-12-23-6-2-1-3-7-23/h1-3,5-7,9-10,14-21,32,35,39-40H,4,8,11,22H2,(H2,36,41)/t32-,35+/m1/s1/i1D,2D,3D,6D,7D. The molecule has 8 heteroatoms. The van der Waals surface area contributed by atoms with E-state index >= 15 is 0 Å². The smallest absolute Gasteiger partial charge is 0.248 e. The highest BCUT2D eigenvalue weighted by Crippen LogP contribution is 2.47. The molecule has 0 spiro atoms. The Morgan fingerprint density at radius 3 is 2.40 bits per heavy atom. The number of hydrogen-bond donors (Lipinski definition) is 3. The van der Waals surface area contributed by atoms with Gasteiger partial charge in [-0.05, 0) is 78.5 Å². The van der Waals surface area contributed by atoms with Crippen LogP contribution >= 0.6 is 11.8 Å². The SMILES string of the molecule is [2H]c1c([2H])c([2H])c(C#Cc2ccc([C@@H]3S[C@H](CC(=O)CCCc4ccc(O)c(O)c4)C(=O)N3c3cccc(C(N)=O)c3)cc2)c([2H])c1[2H]. The van der Waals surface area contributed by atoms with Gasteiger partial charge >= 0.3 is 0 Å². The number of ketones is 1. The summed E-state index contributed by atoms with van der Waals surface area (Å²) >= 11 is 1.31. The van der Waals surface area contributed by atoms with Crippen molar-refractivity contribution in [3.05, 3.63) is 125 Å². The molecule has 0 aromatic heterocycles. The summed E-state index contributed by atoms with van der Waals surface area (Å²) in [5.74, 6) is 4.04. The molecular weight excluding hydrogens is 560 g/mol. The van der Waals surface area contributed by atoms with Crippen LogP contribution in [0.5, 0.6) is 11.5 Å². The zero-order chi connectivity index (χ0) is 34.7. The van der Waals surface area contributed by atoms with Crippen molar-refractivity contribution >= 4 is 35.0 Å². The van der Waals surface area contributed by atoms with Crippen molar-refractivity contribution in [1.29, 1.82) is 0 Å². The number of amides is 2. The van der Waals surface area contributed by atoms with Gasteiger partial charge in [0, 0.05) is 35.2 Å². The number of carbonyl (C=O) groups is 3. The minimum Gasteiger partial charge on any atom is -0.504 e. The third kappa shape index (κ3) is 7.26. The number of phenols is 2. The van der Waals surface area contributed by atoms with Crippen molar-refractivity contribution in [2.45, 2.75) is 36.3 Å². The number of nitrogens with zero attached hydrogens (tertiary/aromatic N) is 1. The topological polar surface area (TPSA) is 121 Å². The summed E-state index contributed by atoms with van der Waals surface area (Å²) in [6.07, 6.45) is 1.21. The number of nitrogens with two attached hydrogens (primary N) is 1. The van der Waals surface area contributed by atoms with Gasteiger partial charge in [-0.2, -0.15) is 0 Å². The van der Waals surface area contributed by atoms with Crippen molar-refractivity contribution in [2.75, 3.05) is 4.90 Å². The van der Waals surface area contributed by atoms with Gasteiger partial charge in [-0.15, -0.1) is 11.8 Å². The van der Waals surface area contributed by atoms with E-state index in [0.29, 0.717) is 29.7 Å². The van der Waals surface area contributed by atoms with E-state index in [1.165, 1.54) is 30.0 Å². The zero-order valence-electron chi connectivity index (χ0n) is 27.9. The molecule has 4 aromatic carbocycles. The average molecular weight is 596 g/mol. The van der Waals surface area contributed by atoms with Crippen molar-refractivity contribution in [2.24, 2.45) is 5.73 Å². The molecule has 0 unspecified atom stereocenters. The maximum Gasteiger partial charge on any atom is 0.248 e. The summed E-state index contributed by atoms with van der Waals surface area (Å²) in [5, 5.41) is 18.0. The molecular formula is C35H30N2O5S. The highest BCUT2D eigenvalue weighted by Gasteiger charge is 2.42. The zero-order valence-corrected chi connectivity index (χ0v) is 23.7. The first kappa shape index (κ1) is 23.6. The average Bonchev–Trinajstić information content (AvgIpc) is 3.39. The molecule has 5 rings (SSSR count). The fraction of sp³-hybridized carbons (Fsp3) is 0.171. The molecule has 4 aromatic rings. The minimum absolute atomic E-state index is 0.00556. The molecule has 0 bridgehead atoms. The van der Waals surface area contributed by atoms with Crippen LogP contribution < -0.4 is 10.6 Å². The molecule has 1 aliphatic heterocycles. The van der Waals surface area contributed by atoms with Crippen LogP contribution in [-0.4, -0.2) is 33.1 Å². The summed E-state index contributed by atoms with van der Waals surface area (Å²) in [6.45, 7) is 0. The van der Waals surface area contributed by atoms with Crippen molar-refractivity contribution in [3.63, 3.8) is 0 Å². The van der Waals surface area contributed by atoms with E-state index in [1.54, 1.807) is 53.4 Å². The second-order valence-electron chi connectivity index (χ2n) is 9.89. The van der Waals surface area contributed by atoms with Gasteiger partial charge in [0.05, 0.1) is 12.1 Å². The number of hydrogen-bond acceptors (Lipinski definition) is 6. The lowest BCUT2D eigenvalue weighted by molar-refractivity contribution is -0.123. The number of aromatic hydroxyl groups is 2. The third-order valence-electron chi connectivity index (χ3n) is 6.85. The first-order valence-corrected chi connectivity index (χ1v) is 14.4. The van der Waals surface area contributed by atoms with Crippen LogP contribution in [0.25, 0.3) is 0 Å². The molecule has 0 aliphatic carbocycles. The van der Waals surface area contributed by atoms with Gasteiger partial charge in [0.25, 0.3) is 0 Å². The first-order valence-electron chi connectivity index (χ1n) is 16.0. The molecule has 0 saturated carbocycles. The van der Waals surface area contributed by atoms with Crippen LogP contribution in [0.15, 0.2) is 96.9 Å². The Hall–Kier alpha value is -5.00. The number of Topliss-reactive ketones (excluding diaryl/α,β-unsaturated/α-hetero) is 1. The van der Waals surface area contributed by atoms with Gasteiger partial charge in [-0.1, -0.05) is 54.2 Å². The van der Waals surface area contributed by atoms with E-state index in [0.717, 1.165) is 5.56 Å². The van der Waals surface area contributed by atoms with Gasteiger partial charge in [0.15, 0.2) is 11.5 Å². The van der Waals surface area contributed by atoms with E-state index in [9.17, 15) is 24.6 Å². The summed E-state index contributed by atoms with van der Waals surface area (Å²) in [4.78, 5) is 40.3. The van der Waals surface area contributed by atoms with Gasteiger partial charge in [0.1, 0.15) is 11.2 Å². The predicted octanol–water partition coefficient (Wildman–Crippen LogP) is 5.73. The molecule has 1 saturated heterocycles. The predicted molar refractivity (Wildman–Crippen MR) is 168 cm³/mol. The Kier molecular flexibility index (Phi) is 7.30. The molecule has 0 radical (unpaired) electrons. The molecule has 1 fully saturated rings. The number of carbonyl (C=O) groups excluding carboxylic acids is 3. The number of anilines is 1. The Balaban J connectivity index is 1.36. The van der Waals surface area contributed by atoms with Crippen molar-refractivity contribution in [3.8, 4) is 23.3 Å². The van der Waals surface area contributed by atoms with Gasteiger partial charge < -0.3 is 15.9 Å². The number of phenolic OH excluding ortho intramolecular Hbond substituents is 2. The maximum atomic E-state index is 13.8. The highest BCUT2D eigenvalue weighted by molar-refractivity contribution is 8.01. The first-order chi connectivity index (χ1) is 22.8. The molecule has 2 atom stereocenters. The minimum atomic E-state index is -0.694.